The number of fused-ring (bicyclic) bond motifs is 1. The quantitative estimate of drug-likeness (QED) is 0.536. The van der Waals surface area contributed by atoms with E-state index in [1.807, 2.05) is 42.5 Å². The zero-order valence-corrected chi connectivity index (χ0v) is 14.9. The third kappa shape index (κ3) is 5.07. The summed E-state index contributed by atoms with van der Waals surface area (Å²) in [7, 11) is 0. The molecule has 0 aliphatic rings. The smallest absolute Gasteiger partial charge is 0.352 e. The van der Waals surface area contributed by atoms with Crippen molar-refractivity contribution in [3.8, 4) is 0 Å². The van der Waals surface area contributed by atoms with E-state index >= 15 is 0 Å². The molecule has 0 radical (unpaired) electrons. The Morgan fingerprint density at radius 3 is 1.93 bits per heavy atom. The van der Waals surface area contributed by atoms with Crippen molar-refractivity contribution < 1.29 is 31.1 Å². The molecule has 0 aliphatic heterocycles. The van der Waals surface area contributed by atoms with E-state index in [4.69, 9.17) is 0 Å². The molecule has 3 rings (SSSR count). The molecular formula is C21H15F6NO. The number of hydrogen-bond acceptors (Lipinski definition) is 1. The van der Waals surface area contributed by atoms with Crippen LogP contribution in [0.5, 0.6) is 0 Å². The summed E-state index contributed by atoms with van der Waals surface area (Å²) in [4.78, 5) is 12.2. The number of carbonyl (C=O) groups excluding carboxylic acids is 1. The van der Waals surface area contributed by atoms with Crippen LogP contribution in [-0.4, -0.2) is 12.5 Å². The van der Waals surface area contributed by atoms with Crippen molar-refractivity contribution in [2.24, 2.45) is 0 Å². The summed E-state index contributed by atoms with van der Waals surface area (Å²) in [6.07, 6.45) is -9.62. The molecule has 0 bridgehead atoms. The number of carbonyl (C=O) groups is 1. The highest BCUT2D eigenvalue weighted by Crippen LogP contribution is 2.36. The summed E-state index contributed by atoms with van der Waals surface area (Å²) in [5.41, 5.74) is -2.85. The lowest BCUT2D eigenvalue weighted by Crippen LogP contribution is -2.26. The maximum atomic E-state index is 12.9. The second-order valence-corrected chi connectivity index (χ2v) is 6.48. The van der Waals surface area contributed by atoms with Gasteiger partial charge in [-0.3, -0.25) is 4.79 Å². The fraction of sp³-hybridized carbons (Fsp3) is 0.190. The average molecular weight is 411 g/mol. The minimum absolute atomic E-state index is 0.00808. The molecule has 152 valence electrons. The molecular weight excluding hydrogens is 396 g/mol. The predicted molar refractivity (Wildman–Crippen MR) is 96.4 cm³/mol. The van der Waals surface area contributed by atoms with Gasteiger partial charge in [-0.1, -0.05) is 42.5 Å². The second kappa shape index (κ2) is 7.77. The first-order valence-corrected chi connectivity index (χ1v) is 8.59. The number of nitrogens with one attached hydrogen (secondary N) is 1. The molecule has 1 N–H and O–H groups in total. The molecule has 0 heterocycles. The Bertz CT molecular complexity index is 1010. The Hall–Kier alpha value is -3.03. The molecule has 0 fully saturated rings. The van der Waals surface area contributed by atoms with Crippen molar-refractivity contribution in [1.82, 2.24) is 5.32 Å². The molecule has 0 atom stereocenters. The van der Waals surface area contributed by atoms with Crippen LogP contribution in [0.15, 0.2) is 60.7 Å². The fourth-order valence-electron chi connectivity index (χ4n) is 2.90. The van der Waals surface area contributed by atoms with Gasteiger partial charge in [-0.2, -0.15) is 26.3 Å². The molecule has 0 spiro atoms. The topological polar surface area (TPSA) is 29.1 Å². The van der Waals surface area contributed by atoms with Crippen LogP contribution in [0.3, 0.4) is 0 Å². The van der Waals surface area contributed by atoms with Crippen LogP contribution in [0.4, 0.5) is 26.3 Å². The summed E-state index contributed by atoms with van der Waals surface area (Å²) in [6.45, 7) is 0.0643. The van der Waals surface area contributed by atoms with Gasteiger partial charge in [0.05, 0.1) is 11.1 Å². The van der Waals surface area contributed by atoms with Crippen LogP contribution in [0.25, 0.3) is 10.8 Å². The predicted octanol–water partition coefficient (Wildman–Crippen LogP) is 5.85. The summed E-state index contributed by atoms with van der Waals surface area (Å²) in [5, 5.41) is 4.40. The Kier molecular flexibility index (Phi) is 5.55. The van der Waals surface area contributed by atoms with Gasteiger partial charge in [-0.15, -0.1) is 0 Å². The van der Waals surface area contributed by atoms with Gasteiger partial charge in [0.2, 0.25) is 0 Å². The zero-order chi connectivity index (χ0) is 21.2. The number of benzene rings is 3. The third-order valence-electron chi connectivity index (χ3n) is 4.36. The van der Waals surface area contributed by atoms with Gasteiger partial charge in [-0.05, 0) is 41.0 Å². The first-order valence-electron chi connectivity index (χ1n) is 8.59. The highest BCUT2D eigenvalue weighted by Gasteiger charge is 2.37. The SMILES string of the molecule is O=C(NCCc1ccc2ccccc2c1)c1cc(C(F)(F)F)cc(C(F)(F)F)c1. The van der Waals surface area contributed by atoms with Crippen LogP contribution < -0.4 is 5.32 Å². The van der Waals surface area contributed by atoms with Gasteiger partial charge in [0.15, 0.2) is 0 Å². The van der Waals surface area contributed by atoms with Crippen molar-refractivity contribution in [1.29, 1.82) is 0 Å². The molecule has 3 aromatic carbocycles. The first kappa shape index (κ1) is 20.7. The Labute approximate surface area is 162 Å². The minimum atomic E-state index is -5.00. The summed E-state index contributed by atoms with van der Waals surface area (Å²) in [5.74, 6) is -0.998. The van der Waals surface area contributed by atoms with Crippen LogP contribution in [-0.2, 0) is 18.8 Å². The van der Waals surface area contributed by atoms with E-state index in [1.54, 1.807) is 0 Å². The standard InChI is InChI=1S/C21H15F6NO/c22-20(23,24)17-10-16(11-18(12-17)21(25,26)27)19(29)28-8-7-13-5-6-14-3-1-2-4-15(14)9-13/h1-6,9-12H,7-8H2,(H,28,29). The molecule has 0 unspecified atom stereocenters. The lowest BCUT2D eigenvalue weighted by molar-refractivity contribution is -0.143. The lowest BCUT2D eigenvalue weighted by Gasteiger charge is -2.14. The van der Waals surface area contributed by atoms with Gasteiger partial charge in [0, 0.05) is 12.1 Å². The first-order chi connectivity index (χ1) is 13.5. The van der Waals surface area contributed by atoms with Gasteiger partial charge < -0.3 is 5.32 Å². The normalized spacial score (nSPS) is 12.2. The van der Waals surface area contributed by atoms with Crippen LogP contribution in [0.2, 0.25) is 0 Å². The largest absolute Gasteiger partial charge is 0.416 e. The average Bonchev–Trinajstić information content (AvgIpc) is 2.66. The van der Waals surface area contributed by atoms with E-state index in [0.717, 1.165) is 16.3 Å². The van der Waals surface area contributed by atoms with Crippen molar-refractivity contribution in [3.05, 3.63) is 82.9 Å². The Morgan fingerprint density at radius 2 is 1.34 bits per heavy atom. The van der Waals surface area contributed by atoms with Crippen molar-refractivity contribution in [2.45, 2.75) is 18.8 Å². The number of amides is 1. The Balaban J connectivity index is 1.74. The van der Waals surface area contributed by atoms with Gasteiger partial charge in [0.1, 0.15) is 0 Å². The third-order valence-corrected chi connectivity index (χ3v) is 4.36. The minimum Gasteiger partial charge on any atom is -0.352 e. The molecule has 0 aliphatic carbocycles. The molecule has 8 heteroatoms. The number of rotatable bonds is 4. The molecule has 0 saturated heterocycles. The molecule has 3 aromatic rings. The fourth-order valence-corrected chi connectivity index (χ4v) is 2.90. The number of alkyl halides is 6. The zero-order valence-electron chi connectivity index (χ0n) is 14.9. The van der Waals surface area contributed by atoms with Crippen molar-refractivity contribution >= 4 is 16.7 Å². The van der Waals surface area contributed by atoms with E-state index in [0.29, 0.717) is 18.6 Å². The Morgan fingerprint density at radius 1 is 0.759 bits per heavy atom. The molecule has 0 saturated carbocycles. The van der Waals surface area contributed by atoms with E-state index in [1.165, 1.54) is 0 Å². The molecule has 0 aromatic heterocycles. The van der Waals surface area contributed by atoms with Crippen LogP contribution in [0, 0.1) is 0 Å². The second-order valence-electron chi connectivity index (χ2n) is 6.48. The van der Waals surface area contributed by atoms with E-state index in [9.17, 15) is 31.1 Å². The van der Waals surface area contributed by atoms with E-state index < -0.39 is 35.0 Å². The highest BCUT2D eigenvalue weighted by molar-refractivity contribution is 5.94. The highest BCUT2D eigenvalue weighted by atomic mass is 19.4. The number of halogens is 6. The maximum absolute atomic E-state index is 12.9. The lowest BCUT2D eigenvalue weighted by atomic mass is 10.0. The summed E-state index contributed by atoms with van der Waals surface area (Å²) < 4.78 is 77.4. The summed E-state index contributed by atoms with van der Waals surface area (Å²) in [6, 6.07) is 14.1. The van der Waals surface area contributed by atoms with Crippen LogP contribution in [0.1, 0.15) is 27.0 Å². The van der Waals surface area contributed by atoms with Crippen LogP contribution >= 0.6 is 0 Å². The van der Waals surface area contributed by atoms with Crippen molar-refractivity contribution in [2.75, 3.05) is 6.54 Å². The monoisotopic (exact) mass is 411 g/mol. The van der Waals surface area contributed by atoms with Crippen molar-refractivity contribution in [3.63, 3.8) is 0 Å². The van der Waals surface area contributed by atoms with Gasteiger partial charge in [0.25, 0.3) is 5.91 Å². The maximum Gasteiger partial charge on any atom is 0.416 e. The summed E-state index contributed by atoms with van der Waals surface area (Å²) >= 11 is 0. The van der Waals surface area contributed by atoms with E-state index in [-0.39, 0.29) is 12.6 Å². The molecule has 1 amide bonds. The molecule has 29 heavy (non-hydrogen) atoms. The molecule has 2 nitrogen and oxygen atoms in total. The number of hydrogen-bond donors (Lipinski definition) is 1. The van der Waals surface area contributed by atoms with E-state index in [2.05, 4.69) is 5.32 Å². The van der Waals surface area contributed by atoms with Gasteiger partial charge in [-0.25, -0.2) is 0 Å². The van der Waals surface area contributed by atoms with Gasteiger partial charge >= 0.3 is 12.4 Å².